The molecule has 0 aromatic heterocycles. The van der Waals surface area contributed by atoms with Crippen molar-refractivity contribution in [2.45, 2.75) is 13.3 Å². The van der Waals surface area contributed by atoms with Crippen LogP contribution in [0.2, 0.25) is 0 Å². The largest absolute Gasteiger partial charge is 0.314 e. The molecule has 2 fully saturated rings. The van der Waals surface area contributed by atoms with E-state index in [4.69, 9.17) is 0 Å². The van der Waals surface area contributed by atoms with E-state index in [0.717, 1.165) is 5.92 Å². The van der Waals surface area contributed by atoms with Crippen LogP contribution in [-0.2, 0) is 0 Å². The van der Waals surface area contributed by atoms with E-state index in [9.17, 15) is 0 Å². The fourth-order valence-electron chi connectivity index (χ4n) is 2.55. The predicted octanol–water partition coefficient (Wildman–Crippen LogP) is 0.233. The van der Waals surface area contributed by atoms with Gasteiger partial charge < -0.3 is 15.1 Å². The summed E-state index contributed by atoms with van der Waals surface area (Å²) < 4.78 is 0. The molecule has 0 saturated carbocycles. The minimum atomic E-state index is 0.958. The minimum absolute atomic E-state index is 0.958. The summed E-state index contributed by atoms with van der Waals surface area (Å²) in [5, 5.41) is 3.40. The summed E-state index contributed by atoms with van der Waals surface area (Å²) in [6.45, 7) is 12.5. The van der Waals surface area contributed by atoms with Gasteiger partial charge in [0.1, 0.15) is 0 Å². The van der Waals surface area contributed by atoms with Gasteiger partial charge in [-0.15, -0.1) is 0 Å². The van der Waals surface area contributed by atoms with Gasteiger partial charge in [-0.3, -0.25) is 0 Å². The molecular weight excluding hydrogens is 174 g/mol. The van der Waals surface area contributed by atoms with Gasteiger partial charge in [0.05, 0.1) is 0 Å². The molecule has 2 rings (SSSR count). The van der Waals surface area contributed by atoms with Gasteiger partial charge in [0.25, 0.3) is 0 Å². The van der Waals surface area contributed by atoms with E-state index in [2.05, 4.69) is 22.0 Å². The zero-order valence-corrected chi connectivity index (χ0v) is 9.34. The Balaban J connectivity index is 1.58. The van der Waals surface area contributed by atoms with E-state index in [1.165, 1.54) is 58.8 Å². The van der Waals surface area contributed by atoms with Crippen molar-refractivity contribution >= 4 is 0 Å². The van der Waals surface area contributed by atoms with Crippen LogP contribution in [0.1, 0.15) is 13.3 Å². The van der Waals surface area contributed by atoms with Crippen molar-refractivity contribution in [3.05, 3.63) is 0 Å². The molecule has 0 spiro atoms. The molecule has 1 N–H and O–H groups in total. The second-order valence-corrected chi connectivity index (χ2v) is 4.68. The molecule has 0 unspecified atom stereocenters. The number of rotatable bonds is 4. The van der Waals surface area contributed by atoms with Crippen molar-refractivity contribution in [2.24, 2.45) is 5.92 Å². The number of hydrogen-bond donors (Lipinski definition) is 1. The molecule has 2 heterocycles. The molecule has 0 radical (unpaired) electrons. The van der Waals surface area contributed by atoms with E-state index in [1.54, 1.807) is 0 Å². The summed E-state index contributed by atoms with van der Waals surface area (Å²) in [7, 11) is 0. The summed E-state index contributed by atoms with van der Waals surface area (Å²) in [4.78, 5) is 5.19. The van der Waals surface area contributed by atoms with Crippen LogP contribution in [0.5, 0.6) is 0 Å². The van der Waals surface area contributed by atoms with Crippen molar-refractivity contribution in [3.63, 3.8) is 0 Å². The van der Waals surface area contributed by atoms with Gasteiger partial charge in [0, 0.05) is 45.8 Å². The monoisotopic (exact) mass is 197 g/mol. The number of hydrogen-bond acceptors (Lipinski definition) is 3. The quantitative estimate of drug-likeness (QED) is 0.696. The summed E-state index contributed by atoms with van der Waals surface area (Å²) in [5.41, 5.74) is 0. The molecule has 2 aliphatic heterocycles. The average Bonchev–Trinajstić information content (AvgIpc) is 2.16. The molecular formula is C11H23N3. The topological polar surface area (TPSA) is 18.5 Å². The second kappa shape index (κ2) is 5.10. The Kier molecular flexibility index (Phi) is 3.79. The van der Waals surface area contributed by atoms with Crippen LogP contribution in [0.15, 0.2) is 0 Å². The number of likely N-dealkylation sites (tertiary alicyclic amines) is 1. The summed E-state index contributed by atoms with van der Waals surface area (Å²) in [6.07, 6.45) is 1.31. The first kappa shape index (κ1) is 10.4. The van der Waals surface area contributed by atoms with E-state index in [1.807, 2.05) is 0 Å². The Hall–Kier alpha value is -0.120. The zero-order valence-electron chi connectivity index (χ0n) is 9.34. The first-order chi connectivity index (χ1) is 6.88. The molecule has 2 saturated heterocycles. The molecule has 0 aliphatic carbocycles. The first-order valence-corrected chi connectivity index (χ1v) is 6.04. The Bertz CT molecular complexity index is 160. The molecule has 14 heavy (non-hydrogen) atoms. The molecule has 0 aromatic carbocycles. The van der Waals surface area contributed by atoms with Crippen LogP contribution in [0.3, 0.4) is 0 Å². The predicted molar refractivity (Wildman–Crippen MR) is 59.5 cm³/mol. The molecule has 3 heteroatoms. The van der Waals surface area contributed by atoms with Gasteiger partial charge in [-0.25, -0.2) is 0 Å². The van der Waals surface area contributed by atoms with E-state index < -0.39 is 0 Å². The fourth-order valence-corrected chi connectivity index (χ4v) is 2.55. The maximum Gasteiger partial charge on any atom is 0.0108 e. The highest BCUT2D eigenvalue weighted by Crippen LogP contribution is 2.16. The van der Waals surface area contributed by atoms with E-state index >= 15 is 0 Å². The van der Waals surface area contributed by atoms with E-state index in [0.29, 0.717) is 0 Å². The number of piperazine rings is 1. The molecule has 0 aromatic rings. The molecule has 2 aliphatic rings. The smallest absolute Gasteiger partial charge is 0.0108 e. The second-order valence-electron chi connectivity index (χ2n) is 4.68. The van der Waals surface area contributed by atoms with Crippen molar-refractivity contribution in [1.29, 1.82) is 0 Å². The fraction of sp³-hybridized carbons (Fsp3) is 1.00. The molecule has 82 valence electrons. The van der Waals surface area contributed by atoms with Gasteiger partial charge in [0.2, 0.25) is 0 Å². The van der Waals surface area contributed by atoms with E-state index in [-0.39, 0.29) is 0 Å². The molecule has 0 bridgehead atoms. The van der Waals surface area contributed by atoms with Gasteiger partial charge >= 0.3 is 0 Å². The van der Waals surface area contributed by atoms with Crippen molar-refractivity contribution in [2.75, 3.05) is 52.4 Å². The normalized spacial score (nSPS) is 26.4. The first-order valence-electron chi connectivity index (χ1n) is 6.04. The van der Waals surface area contributed by atoms with Gasteiger partial charge in [-0.1, -0.05) is 6.92 Å². The van der Waals surface area contributed by atoms with Crippen LogP contribution in [0.25, 0.3) is 0 Å². The highest BCUT2D eigenvalue weighted by molar-refractivity contribution is 4.83. The summed E-state index contributed by atoms with van der Waals surface area (Å²) >= 11 is 0. The molecule has 0 amide bonds. The van der Waals surface area contributed by atoms with Crippen molar-refractivity contribution < 1.29 is 0 Å². The lowest BCUT2D eigenvalue weighted by Gasteiger charge is -2.42. The van der Waals surface area contributed by atoms with Crippen LogP contribution < -0.4 is 5.32 Å². The Labute approximate surface area is 87.4 Å². The third kappa shape index (κ3) is 2.69. The Morgan fingerprint density at radius 1 is 1.14 bits per heavy atom. The third-order valence-corrected chi connectivity index (χ3v) is 3.30. The lowest BCUT2D eigenvalue weighted by molar-refractivity contribution is 0.0637. The third-order valence-electron chi connectivity index (χ3n) is 3.30. The Morgan fingerprint density at radius 2 is 1.86 bits per heavy atom. The van der Waals surface area contributed by atoms with Crippen molar-refractivity contribution in [3.8, 4) is 0 Å². The SMILES string of the molecule is CCCN1CC(CN2CCNCC2)C1. The van der Waals surface area contributed by atoms with Crippen LogP contribution in [0, 0.1) is 5.92 Å². The van der Waals surface area contributed by atoms with Gasteiger partial charge in [-0.05, 0) is 18.9 Å². The van der Waals surface area contributed by atoms with Gasteiger partial charge in [-0.2, -0.15) is 0 Å². The molecule has 3 nitrogen and oxygen atoms in total. The Morgan fingerprint density at radius 3 is 2.50 bits per heavy atom. The molecule has 0 atom stereocenters. The number of nitrogens with one attached hydrogen (secondary N) is 1. The summed E-state index contributed by atoms with van der Waals surface area (Å²) in [5.74, 6) is 0.958. The van der Waals surface area contributed by atoms with Crippen molar-refractivity contribution in [1.82, 2.24) is 15.1 Å². The minimum Gasteiger partial charge on any atom is -0.314 e. The van der Waals surface area contributed by atoms with Crippen LogP contribution in [-0.4, -0.2) is 62.2 Å². The number of nitrogens with zero attached hydrogens (tertiary/aromatic N) is 2. The summed E-state index contributed by atoms with van der Waals surface area (Å²) in [6, 6.07) is 0. The maximum absolute atomic E-state index is 3.40. The lowest BCUT2D eigenvalue weighted by Crippen LogP contribution is -2.54. The lowest BCUT2D eigenvalue weighted by atomic mass is 9.99. The highest BCUT2D eigenvalue weighted by atomic mass is 15.2. The zero-order chi connectivity index (χ0) is 9.80. The van der Waals surface area contributed by atoms with Gasteiger partial charge in [0.15, 0.2) is 0 Å². The van der Waals surface area contributed by atoms with Crippen LogP contribution >= 0.6 is 0 Å². The van der Waals surface area contributed by atoms with Crippen LogP contribution in [0.4, 0.5) is 0 Å². The highest BCUT2D eigenvalue weighted by Gasteiger charge is 2.27. The standard InChI is InChI=1S/C11H23N3/c1-2-5-14-9-11(10-14)8-13-6-3-12-4-7-13/h11-12H,2-10H2,1H3. The maximum atomic E-state index is 3.40. The average molecular weight is 197 g/mol.